The first kappa shape index (κ1) is 17.9. The van der Waals surface area contributed by atoms with E-state index in [-0.39, 0.29) is 5.91 Å². The fourth-order valence-corrected chi connectivity index (χ4v) is 4.65. The Morgan fingerprint density at radius 1 is 0.926 bits per heavy atom. The lowest BCUT2D eigenvalue weighted by molar-refractivity contribution is -0.116. The maximum Gasteiger partial charge on any atom is 0.238 e. The van der Waals surface area contributed by atoms with E-state index in [1.807, 2.05) is 78.2 Å². The third-order valence-electron chi connectivity index (χ3n) is 4.09. The van der Waals surface area contributed by atoms with Gasteiger partial charge in [0.2, 0.25) is 5.91 Å². The van der Waals surface area contributed by atoms with Crippen LogP contribution in [-0.4, -0.2) is 10.9 Å². The number of hydrogen-bond donors (Lipinski definition) is 1. The Kier molecular flexibility index (Phi) is 5.34. The highest BCUT2D eigenvalue weighted by Crippen LogP contribution is 2.33. The molecular weight excluding hydrogens is 396 g/mol. The molecule has 0 spiro atoms. The molecule has 2 aromatic carbocycles. The second kappa shape index (κ2) is 8.05. The van der Waals surface area contributed by atoms with Gasteiger partial charge in [0.1, 0.15) is 0 Å². The number of carbonyl (C=O) groups is 1. The van der Waals surface area contributed by atoms with Crippen molar-refractivity contribution in [3.63, 3.8) is 0 Å². The molecule has 1 N–H and O–H groups in total. The average molecular weight is 411 g/mol. The zero-order valence-corrected chi connectivity index (χ0v) is 16.5. The van der Waals surface area contributed by atoms with E-state index in [0.29, 0.717) is 5.13 Å². The van der Waals surface area contributed by atoms with Gasteiger partial charge in [-0.05, 0) is 23.3 Å². The highest BCUT2D eigenvalue weighted by atomic mass is 35.5. The lowest BCUT2D eigenvalue weighted by Crippen LogP contribution is -2.22. The molecule has 0 bridgehead atoms. The smallest absolute Gasteiger partial charge is 0.238 e. The molecular formula is C21H15ClN2OS2. The van der Waals surface area contributed by atoms with E-state index < -0.39 is 5.92 Å². The minimum absolute atomic E-state index is 0.0995. The standard InChI is InChI=1S/C21H15ClN2OS2/c22-18-12-11-17(27-18)16-13-26-21(23-16)24-20(25)19(14-7-3-1-4-8-14)15-9-5-2-6-10-15/h1-13,19H,(H,23,24,25). The number of benzene rings is 2. The molecule has 0 aliphatic rings. The van der Waals surface area contributed by atoms with Crippen molar-refractivity contribution < 1.29 is 4.79 Å². The minimum Gasteiger partial charge on any atom is -0.301 e. The van der Waals surface area contributed by atoms with Gasteiger partial charge in [-0.1, -0.05) is 72.3 Å². The summed E-state index contributed by atoms with van der Waals surface area (Å²) in [6.45, 7) is 0. The number of nitrogens with zero attached hydrogens (tertiary/aromatic N) is 1. The third kappa shape index (κ3) is 4.11. The average Bonchev–Trinajstić information content (AvgIpc) is 3.33. The molecule has 0 fully saturated rings. The highest BCUT2D eigenvalue weighted by Gasteiger charge is 2.23. The Bertz CT molecular complexity index is 1000. The SMILES string of the molecule is O=C(Nc1nc(-c2ccc(Cl)s2)cs1)C(c1ccccc1)c1ccccc1. The molecule has 4 aromatic rings. The number of hydrogen-bond acceptors (Lipinski definition) is 4. The maximum absolute atomic E-state index is 13.1. The van der Waals surface area contributed by atoms with Crippen molar-refractivity contribution in [2.24, 2.45) is 0 Å². The van der Waals surface area contributed by atoms with E-state index in [1.54, 1.807) is 0 Å². The van der Waals surface area contributed by atoms with E-state index in [0.717, 1.165) is 26.0 Å². The summed E-state index contributed by atoms with van der Waals surface area (Å²) >= 11 is 8.88. The van der Waals surface area contributed by atoms with E-state index >= 15 is 0 Å². The summed E-state index contributed by atoms with van der Waals surface area (Å²) in [5.41, 5.74) is 2.72. The Morgan fingerprint density at radius 2 is 1.56 bits per heavy atom. The van der Waals surface area contributed by atoms with E-state index in [9.17, 15) is 4.79 Å². The van der Waals surface area contributed by atoms with Crippen molar-refractivity contribution >= 4 is 45.3 Å². The van der Waals surface area contributed by atoms with Gasteiger partial charge in [-0.3, -0.25) is 4.79 Å². The summed E-state index contributed by atoms with van der Waals surface area (Å²) in [6, 6.07) is 23.3. The molecule has 2 heterocycles. The largest absolute Gasteiger partial charge is 0.301 e. The number of thiophene rings is 1. The second-order valence-corrected chi connectivity index (χ2v) is 8.46. The second-order valence-electron chi connectivity index (χ2n) is 5.89. The van der Waals surface area contributed by atoms with Crippen molar-refractivity contribution in [3.05, 3.63) is 93.6 Å². The zero-order valence-electron chi connectivity index (χ0n) is 14.1. The number of rotatable bonds is 5. The first-order chi connectivity index (χ1) is 13.2. The molecule has 0 saturated carbocycles. The maximum atomic E-state index is 13.1. The Hall–Kier alpha value is -2.47. The van der Waals surface area contributed by atoms with Crippen LogP contribution >= 0.6 is 34.3 Å². The zero-order chi connectivity index (χ0) is 18.6. The molecule has 3 nitrogen and oxygen atoms in total. The topological polar surface area (TPSA) is 42.0 Å². The Balaban J connectivity index is 1.60. The number of thiazole rings is 1. The van der Waals surface area contributed by atoms with Gasteiger partial charge in [-0.25, -0.2) is 4.98 Å². The number of nitrogens with one attached hydrogen (secondary N) is 1. The van der Waals surface area contributed by atoms with Gasteiger partial charge in [-0.15, -0.1) is 22.7 Å². The molecule has 134 valence electrons. The molecule has 0 saturated heterocycles. The number of aromatic nitrogens is 1. The first-order valence-corrected chi connectivity index (χ1v) is 10.4. The predicted molar refractivity (Wildman–Crippen MR) is 114 cm³/mol. The van der Waals surface area contributed by atoms with Crippen LogP contribution in [0.4, 0.5) is 5.13 Å². The first-order valence-electron chi connectivity index (χ1n) is 8.33. The van der Waals surface area contributed by atoms with Gasteiger partial charge in [0.05, 0.1) is 20.8 Å². The molecule has 0 radical (unpaired) electrons. The van der Waals surface area contributed by atoms with E-state index in [4.69, 9.17) is 11.6 Å². The molecule has 6 heteroatoms. The molecule has 0 aliphatic heterocycles. The molecule has 0 aliphatic carbocycles. The minimum atomic E-state index is -0.393. The highest BCUT2D eigenvalue weighted by molar-refractivity contribution is 7.20. The van der Waals surface area contributed by atoms with Crippen LogP contribution in [-0.2, 0) is 4.79 Å². The lowest BCUT2D eigenvalue weighted by Gasteiger charge is -2.17. The number of carbonyl (C=O) groups excluding carboxylic acids is 1. The molecule has 2 aromatic heterocycles. The van der Waals surface area contributed by atoms with Crippen molar-refractivity contribution in [2.75, 3.05) is 5.32 Å². The van der Waals surface area contributed by atoms with Gasteiger partial charge in [0.25, 0.3) is 0 Å². The fraction of sp³-hybridized carbons (Fsp3) is 0.0476. The van der Waals surface area contributed by atoms with Crippen molar-refractivity contribution in [2.45, 2.75) is 5.92 Å². The van der Waals surface area contributed by atoms with E-state index in [2.05, 4.69) is 10.3 Å². The van der Waals surface area contributed by atoms with E-state index in [1.165, 1.54) is 22.7 Å². The number of halogens is 1. The summed E-state index contributed by atoms with van der Waals surface area (Å²) in [6.07, 6.45) is 0. The van der Waals surface area contributed by atoms with Crippen molar-refractivity contribution in [3.8, 4) is 10.6 Å². The van der Waals surface area contributed by atoms with Gasteiger partial charge in [0.15, 0.2) is 5.13 Å². The third-order valence-corrected chi connectivity index (χ3v) is 6.10. The normalized spacial score (nSPS) is 10.9. The lowest BCUT2D eigenvalue weighted by atomic mass is 9.90. The summed E-state index contributed by atoms with van der Waals surface area (Å²) in [5.74, 6) is -0.492. The summed E-state index contributed by atoms with van der Waals surface area (Å²) in [7, 11) is 0. The summed E-state index contributed by atoms with van der Waals surface area (Å²) in [5, 5.41) is 5.48. The Labute approximate surface area is 170 Å². The molecule has 4 rings (SSSR count). The number of amides is 1. The van der Waals surface area contributed by atoms with Crippen molar-refractivity contribution in [1.29, 1.82) is 0 Å². The fourth-order valence-electron chi connectivity index (χ4n) is 2.86. The predicted octanol–water partition coefficient (Wildman–Crippen LogP) is 6.30. The monoisotopic (exact) mass is 410 g/mol. The van der Waals surface area contributed by atoms with Crippen molar-refractivity contribution in [1.82, 2.24) is 4.98 Å². The van der Waals surface area contributed by atoms with Gasteiger partial charge >= 0.3 is 0 Å². The summed E-state index contributed by atoms with van der Waals surface area (Å²) in [4.78, 5) is 18.6. The van der Waals surface area contributed by atoms with Crippen LogP contribution in [0.5, 0.6) is 0 Å². The molecule has 0 atom stereocenters. The van der Waals surface area contributed by atoms with Gasteiger partial charge < -0.3 is 5.32 Å². The van der Waals surface area contributed by atoms with Crippen LogP contribution in [0.15, 0.2) is 78.2 Å². The Morgan fingerprint density at radius 3 is 2.11 bits per heavy atom. The van der Waals surface area contributed by atoms with Crippen LogP contribution in [0.1, 0.15) is 17.0 Å². The van der Waals surface area contributed by atoms with Gasteiger partial charge in [0, 0.05) is 5.38 Å². The van der Waals surface area contributed by atoms with Crippen LogP contribution in [0.2, 0.25) is 4.34 Å². The van der Waals surface area contributed by atoms with Crippen LogP contribution in [0, 0.1) is 0 Å². The molecule has 0 unspecified atom stereocenters. The van der Waals surface area contributed by atoms with Crippen LogP contribution in [0.25, 0.3) is 10.6 Å². The van der Waals surface area contributed by atoms with Crippen LogP contribution < -0.4 is 5.32 Å². The quantitative estimate of drug-likeness (QED) is 0.419. The van der Waals surface area contributed by atoms with Gasteiger partial charge in [-0.2, -0.15) is 0 Å². The number of anilines is 1. The molecule has 1 amide bonds. The molecule has 27 heavy (non-hydrogen) atoms. The summed E-state index contributed by atoms with van der Waals surface area (Å²) < 4.78 is 0.719. The van der Waals surface area contributed by atoms with Crippen LogP contribution in [0.3, 0.4) is 0 Å².